The van der Waals surface area contributed by atoms with Gasteiger partial charge in [0.15, 0.2) is 0 Å². The minimum Gasteiger partial charge on any atom is -0.481 e. The summed E-state index contributed by atoms with van der Waals surface area (Å²) in [5.41, 5.74) is 1.04. The van der Waals surface area contributed by atoms with Gasteiger partial charge in [0, 0.05) is 23.5 Å². The maximum atomic E-state index is 11.6. The van der Waals surface area contributed by atoms with E-state index in [4.69, 9.17) is 5.26 Å². The number of nitriles is 1. The Bertz CT molecular complexity index is 758. The summed E-state index contributed by atoms with van der Waals surface area (Å²) >= 11 is 0. The Balaban J connectivity index is 2.70. The zero-order valence-electron chi connectivity index (χ0n) is 11.9. The van der Waals surface area contributed by atoms with Gasteiger partial charge in [0.05, 0.1) is 5.57 Å². The van der Waals surface area contributed by atoms with E-state index in [0.29, 0.717) is 11.3 Å². The van der Waals surface area contributed by atoms with Crippen molar-refractivity contribution in [1.82, 2.24) is 4.98 Å². The second-order valence-corrected chi connectivity index (χ2v) is 4.94. The highest BCUT2D eigenvalue weighted by atomic mass is 16.4. The van der Waals surface area contributed by atoms with Gasteiger partial charge in [-0.05, 0) is 31.5 Å². The Morgan fingerprint density at radius 2 is 2.00 bits per heavy atom. The highest BCUT2D eigenvalue weighted by Crippen LogP contribution is 2.39. The number of aromatic nitrogens is 1. The average Bonchev–Trinajstić information content (AvgIpc) is 2.45. The molecule has 112 valence electrons. The maximum absolute atomic E-state index is 11.6. The van der Waals surface area contributed by atoms with Crippen LogP contribution in [0.5, 0.6) is 0 Å². The fourth-order valence-corrected chi connectivity index (χ4v) is 2.70. The van der Waals surface area contributed by atoms with Gasteiger partial charge in [-0.1, -0.05) is 0 Å². The fraction of sp³-hybridized carbons (Fsp3) is 0.267. The van der Waals surface area contributed by atoms with Crippen LogP contribution in [0.3, 0.4) is 0 Å². The number of carboxylic acids is 2. The summed E-state index contributed by atoms with van der Waals surface area (Å²) in [4.78, 5) is 31.1. The minimum atomic E-state index is -1.22. The minimum absolute atomic E-state index is 0.0758. The van der Waals surface area contributed by atoms with Crippen LogP contribution < -0.4 is 0 Å². The van der Waals surface area contributed by atoms with Gasteiger partial charge < -0.3 is 10.2 Å². The maximum Gasteiger partial charge on any atom is 0.334 e. The monoisotopic (exact) mass is 299 g/mol. The lowest BCUT2D eigenvalue weighted by Crippen LogP contribution is -2.34. The second kappa shape index (κ2) is 5.77. The zero-order valence-corrected chi connectivity index (χ0v) is 11.9. The molecular weight excluding hydrogens is 286 g/mol. The molecule has 0 fully saturated rings. The van der Waals surface area contributed by atoms with Gasteiger partial charge in [-0.3, -0.25) is 9.79 Å². The van der Waals surface area contributed by atoms with Crippen molar-refractivity contribution in [2.24, 2.45) is 10.9 Å². The Labute approximate surface area is 126 Å². The van der Waals surface area contributed by atoms with Crippen molar-refractivity contribution in [2.75, 3.05) is 0 Å². The molecule has 0 radical (unpaired) electrons. The van der Waals surface area contributed by atoms with Crippen LogP contribution in [0, 0.1) is 17.2 Å². The Morgan fingerprint density at radius 1 is 1.32 bits per heavy atom. The molecule has 7 nitrogen and oxygen atoms in total. The Hall–Kier alpha value is -3.01. The molecule has 22 heavy (non-hydrogen) atoms. The second-order valence-electron chi connectivity index (χ2n) is 4.94. The molecule has 2 unspecified atom stereocenters. The van der Waals surface area contributed by atoms with E-state index in [-0.39, 0.29) is 17.0 Å². The summed E-state index contributed by atoms with van der Waals surface area (Å²) in [6.45, 7) is 3.09. The number of nitrogens with zero attached hydrogens (tertiary/aromatic N) is 3. The largest absolute Gasteiger partial charge is 0.481 e. The van der Waals surface area contributed by atoms with Crippen LogP contribution in [-0.4, -0.2) is 32.8 Å². The molecule has 0 bridgehead atoms. The SMILES string of the molecule is CC1=NC(C)=C(C(=O)O)C(c2ccnc(C#N)c2)C1C(=O)O. The van der Waals surface area contributed by atoms with Crippen molar-refractivity contribution < 1.29 is 19.8 Å². The predicted molar refractivity (Wildman–Crippen MR) is 76.3 cm³/mol. The quantitative estimate of drug-likeness (QED) is 0.873. The normalized spacial score (nSPS) is 21.0. The molecule has 1 aromatic heterocycles. The van der Waals surface area contributed by atoms with Crippen molar-refractivity contribution in [1.29, 1.82) is 5.26 Å². The molecule has 1 aromatic rings. The zero-order chi connectivity index (χ0) is 16.4. The number of aliphatic carboxylic acids is 2. The van der Waals surface area contributed by atoms with Crippen LogP contribution >= 0.6 is 0 Å². The summed E-state index contributed by atoms with van der Waals surface area (Å²) in [6, 6.07) is 4.80. The van der Waals surface area contributed by atoms with E-state index in [1.165, 1.54) is 25.3 Å². The molecular formula is C15H13N3O4. The molecule has 2 heterocycles. The van der Waals surface area contributed by atoms with Crippen molar-refractivity contribution in [2.45, 2.75) is 19.8 Å². The molecule has 0 aliphatic carbocycles. The van der Waals surface area contributed by atoms with E-state index in [0.717, 1.165) is 0 Å². The van der Waals surface area contributed by atoms with Gasteiger partial charge >= 0.3 is 11.9 Å². The van der Waals surface area contributed by atoms with Crippen LogP contribution in [0.25, 0.3) is 0 Å². The van der Waals surface area contributed by atoms with Gasteiger partial charge in [-0.15, -0.1) is 0 Å². The van der Waals surface area contributed by atoms with E-state index < -0.39 is 23.8 Å². The van der Waals surface area contributed by atoms with Crippen molar-refractivity contribution in [3.05, 3.63) is 40.9 Å². The summed E-state index contributed by atoms with van der Waals surface area (Å²) in [7, 11) is 0. The van der Waals surface area contributed by atoms with Gasteiger partial charge in [-0.25, -0.2) is 9.78 Å². The van der Waals surface area contributed by atoms with Crippen LogP contribution in [0.1, 0.15) is 31.0 Å². The van der Waals surface area contributed by atoms with Crippen LogP contribution in [0.2, 0.25) is 0 Å². The van der Waals surface area contributed by atoms with Gasteiger partial charge in [0.1, 0.15) is 17.7 Å². The van der Waals surface area contributed by atoms with Crippen LogP contribution in [0.4, 0.5) is 0 Å². The highest BCUT2D eigenvalue weighted by Gasteiger charge is 2.41. The number of rotatable bonds is 3. The number of carboxylic acid groups (broad SMARTS) is 2. The number of hydrogen-bond donors (Lipinski definition) is 2. The highest BCUT2D eigenvalue weighted by molar-refractivity contribution is 6.06. The first-order valence-corrected chi connectivity index (χ1v) is 6.45. The lowest BCUT2D eigenvalue weighted by atomic mass is 9.76. The lowest BCUT2D eigenvalue weighted by molar-refractivity contribution is -0.140. The molecule has 2 N–H and O–H groups in total. The molecule has 0 spiro atoms. The van der Waals surface area contributed by atoms with Crippen molar-refractivity contribution in [3.8, 4) is 6.07 Å². The third kappa shape index (κ3) is 2.59. The molecule has 0 saturated heterocycles. The lowest BCUT2D eigenvalue weighted by Gasteiger charge is -2.29. The Kier molecular flexibility index (Phi) is 4.04. The third-order valence-corrected chi connectivity index (χ3v) is 3.58. The van der Waals surface area contributed by atoms with Crippen LogP contribution in [0.15, 0.2) is 34.6 Å². The first-order valence-electron chi connectivity index (χ1n) is 6.45. The number of aliphatic imine (C=N–C) groups is 1. The average molecular weight is 299 g/mol. The fourth-order valence-electron chi connectivity index (χ4n) is 2.70. The number of allylic oxidation sites excluding steroid dienone is 1. The van der Waals surface area contributed by atoms with E-state index in [1.54, 1.807) is 6.92 Å². The number of pyridine rings is 1. The molecule has 0 aromatic carbocycles. The number of hydrogen-bond acceptors (Lipinski definition) is 5. The first-order chi connectivity index (χ1) is 10.4. The van der Waals surface area contributed by atoms with E-state index in [9.17, 15) is 19.8 Å². The summed E-state index contributed by atoms with van der Waals surface area (Å²) in [5, 5.41) is 27.9. The summed E-state index contributed by atoms with van der Waals surface area (Å²) in [5.74, 6) is -4.39. The first kappa shape index (κ1) is 15.4. The van der Waals surface area contributed by atoms with E-state index in [2.05, 4.69) is 9.98 Å². The van der Waals surface area contributed by atoms with Crippen LogP contribution in [-0.2, 0) is 9.59 Å². The van der Waals surface area contributed by atoms with Gasteiger partial charge in [0.25, 0.3) is 0 Å². The van der Waals surface area contributed by atoms with E-state index in [1.807, 2.05) is 6.07 Å². The molecule has 1 aliphatic heterocycles. The van der Waals surface area contributed by atoms with Gasteiger partial charge in [0.2, 0.25) is 0 Å². The Morgan fingerprint density at radius 3 is 2.55 bits per heavy atom. The van der Waals surface area contributed by atoms with Crippen molar-refractivity contribution in [3.63, 3.8) is 0 Å². The summed E-state index contributed by atoms with van der Waals surface area (Å²) in [6.07, 6.45) is 1.36. The molecule has 2 atom stereocenters. The molecule has 7 heteroatoms. The molecule has 0 saturated carbocycles. The molecule has 2 rings (SSSR count). The van der Waals surface area contributed by atoms with Gasteiger partial charge in [-0.2, -0.15) is 5.26 Å². The standard InChI is InChI=1S/C15H13N3O4/c1-7-11(14(19)20)13(12(15(21)22)8(2)18-7)9-3-4-17-10(5-9)6-16/h3-5,11,13H,1-2H3,(H,19,20)(H,21,22). The predicted octanol–water partition coefficient (Wildman–Crippen LogP) is 1.57. The molecule has 1 aliphatic rings. The topological polar surface area (TPSA) is 124 Å². The molecule has 0 amide bonds. The van der Waals surface area contributed by atoms with Crippen molar-refractivity contribution >= 4 is 17.7 Å². The smallest absolute Gasteiger partial charge is 0.334 e. The summed E-state index contributed by atoms with van der Waals surface area (Å²) < 4.78 is 0. The number of carbonyl (C=O) groups is 2. The van der Waals surface area contributed by atoms with E-state index >= 15 is 0 Å². The third-order valence-electron chi connectivity index (χ3n) is 3.58.